The highest BCUT2D eigenvalue weighted by Gasteiger charge is 2.36. The number of rotatable bonds is 2. The van der Waals surface area contributed by atoms with Crippen molar-refractivity contribution in [2.75, 3.05) is 31.6 Å². The number of carbonyl (C=O) groups excluding carboxylic acids is 3. The molecule has 2 aliphatic heterocycles. The van der Waals surface area contributed by atoms with E-state index in [1.807, 2.05) is 24.3 Å². The van der Waals surface area contributed by atoms with Gasteiger partial charge in [-0.2, -0.15) is 0 Å². The summed E-state index contributed by atoms with van der Waals surface area (Å²) >= 11 is 0. The van der Waals surface area contributed by atoms with Crippen LogP contribution in [0, 0.1) is 0 Å². The fourth-order valence-corrected chi connectivity index (χ4v) is 2.64. The van der Waals surface area contributed by atoms with E-state index >= 15 is 0 Å². The average Bonchev–Trinajstić information content (AvgIpc) is 2.96. The topological polar surface area (TPSA) is 60.9 Å². The van der Waals surface area contributed by atoms with Gasteiger partial charge in [-0.1, -0.05) is 18.2 Å². The first-order valence-electron chi connectivity index (χ1n) is 6.51. The normalized spacial score (nSPS) is 17.9. The van der Waals surface area contributed by atoms with Crippen LogP contribution in [-0.2, 0) is 16.0 Å². The second-order valence-electron chi connectivity index (χ2n) is 5.04. The summed E-state index contributed by atoms with van der Waals surface area (Å²) in [5, 5.41) is 0. The van der Waals surface area contributed by atoms with Crippen LogP contribution in [0.25, 0.3) is 0 Å². The maximum Gasteiger partial charge on any atom is 0.327 e. The SMILES string of the molecule is CN1CC(=O)N(CC(=O)N2CCc3ccccc32)C1=O. The van der Waals surface area contributed by atoms with Gasteiger partial charge in [0.15, 0.2) is 0 Å². The Balaban J connectivity index is 1.75. The number of amides is 4. The number of nitrogens with zero attached hydrogens (tertiary/aromatic N) is 3. The first-order valence-corrected chi connectivity index (χ1v) is 6.51. The molecule has 0 aliphatic carbocycles. The van der Waals surface area contributed by atoms with E-state index in [-0.39, 0.29) is 24.9 Å². The summed E-state index contributed by atoms with van der Waals surface area (Å²) in [7, 11) is 1.55. The Morgan fingerprint density at radius 1 is 1.25 bits per heavy atom. The summed E-state index contributed by atoms with van der Waals surface area (Å²) in [5.74, 6) is -0.537. The molecule has 2 aliphatic rings. The second-order valence-corrected chi connectivity index (χ2v) is 5.04. The Labute approximate surface area is 116 Å². The molecule has 6 heteroatoms. The quantitative estimate of drug-likeness (QED) is 0.736. The van der Waals surface area contributed by atoms with Crippen molar-refractivity contribution in [3.8, 4) is 0 Å². The summed E-state index contributed by atoms with van der Waals surface area (Å²) in [6.45, 7) is 0.462. The molecule has 1 saturated heterocycles. The van der Waals surface area contributed by atoms with Gasteiger partial charge in [0.05, 0.1) is 0 Å². The van der Waals surface area contributed by atoms with Gasteiger partial charge in [0.2, 0.25) is 5.91 Å². The lowest BCUT2D eigenvalue weighted by Gasteiger charge is -2.20. The van der Waals surface area contributed by atoms with E-state index < -0.39 is 6.03 Å². The highest BCUT2D eigenvalue weighted by molar-refractivity contribution is 6.07. The molecule has 4 amide bonds. The van der Waals surface area contributed by atoms with Gasteiger partial charge in [-0.25, -0.2) is 4.79 Å². The fourth-order valence-electron chi connectivity index (χ4n) is 2.64. The summed E-state index contributed by atoms with van der Waals surface area (Å²) in [6, 6.07) is 7.29. The number of fused-ring (bicyclic) bond motifs is 1. The van der Waals surface area contributed by atoms with Gasteiger partial charge in [0, 0.05) is 19.3 Å². The molecule has 1 aromatic rings. The standard InChI is InChI=1S/C14H15N3O3/c1-15-8-12(18)17(14(15)20)9-13(19)16-7-6-10-4-2-3-5-11(10)16/h2-5H,6-9H2,1H3. The highest BCUT2D eigenvalue weighted by atomic mass is 16.2. The van der Waals surface area contributed by atoms with Crippen molar-refractivity contribution in [1.29, 1.82) is 0 Å². The summed E-state index contributed by atoms with van der Waals surface area (Å²) in [5.41, 5.74) is 2.00. The highest BCUT2D eigenvalue weighted by Crippen LogP contribution is 2.27. The predicted octanol–water partition coefficient (Wildman–Crippen LogP) is 0.470. The molecule has 2 heterocycles. The van der Waals surface area contributed by atoms with E-state index in [9.17, 15) is 14.4 Å². The van der Waals surface area contributed by atoms with Gasteiger partial charge >= 0.3 is 6.03 Å². The minimum atomic E-state index is -0.407. The van der Waals surface area contributed by atoms with E-state index in [2.05, 4.69) is 0 Å². The molecule has 104 valence electrons. The first kappa shape index (κ1) is 12.7. The number of carbonyl (C=O) groups is 3. The number of imide groups is 1. The Morgan fingerprint density at radius 2 is 2.00 bits per heavy atom. The average molecular weight is 273 g/mol. The van der Waals surface area contributed by atoms with Gasteiger partial charge in [0.1, 0.15) is 13.1 Å². The van der Waals surface area contributed by atoms with Crippen LogP contribution >= 0.6 is 0 Å². The Hall–Kier alpha value is -2.37. The molecule has 0 bridgehead atoms. The molecule has 3 rings (SSSR count). The van der Waals surface area contributed by atoms with Gasteiger partial charge in [0.25, 0.3) is 5.91 Å². The third kappa shape index (κ3) is 1.93. The van der Waals surface area contributed by atoms with Gasteiger partial charge in [-0.15, -0.1) is 0 Å². The smallest absolute Gasteiger partial charge is 0.318 e. The van der Waals surface area contributed by atoms with Crippen molar-refractivity contribution in [2.24, 2.45) is 0 Å². The monoisotopic (exact) mass is 273 g/mol. The third-order valence-corrected chi connectivity index (χ3v) is 3.71. The van der Waals surface area contributed by atoms with E-state index in [1.165, 1.54) is 4.90 Å². The van der Waals surface area contributed by atoms with Crippen LogP contribution in [0.3, 0.4) is 0 Å². The van der Waals surface area contributed by atoms with Gasteiger partial charge < -0.3 is 9.80 Å². The van der Waals surface area contributed by atoms with Crippen molar-refractivity contribution < 1.29 is 14.4 Å². The Bertz CT molecular complexity index is 599. The molecular weight excluding hydrogens is 258 g/mol. The van der Waals surface area contributed by atoms with Crippen LogP contribution in [0.5, 0.6) is 0 Å². The zero-order chi connectivity index (χ0) is 14.3. The van der Waals surface area contributed by atoms with Crippen LogP contribution in [-0.4, -0.2) is 54.3 Å². The zero-order valence-corrected chi connectivity index (χ0v) is 11.2. The molecule has 0 radical (unpaired) electrons. The largest absolute Gasteiger partial charge is 0.327 e. The van der Waals surface area contributed by atoms with Crippen LogP contribution < -0.4 is 4.90 Å². The van der Waals surface area contributed by atoms with E-state index in [4.69, 9.17) is 0 Å². The second kappa shape index (κ2) is 4.63. The number of likely N-dealkylation sites (N-methyl/N-ethyl adjacent to an activating group) is 1. The van der Waals surface area contributed by atoms with Gasteiger partial charge in [-0.05, 0) is 18.1 Å². The van der Waals surface area contributed by atoms with Crippen LogP contribution in [0.2, 0.25) is 0 Å². The molecule has 1 aromatic carbocycles. The molecule has 0 spiro atoms. The van der Waals surface area contributed by atoms with Crippen molar-refractivity contribution in [3.05, 3.63) is 29.8 Å². The van der Waals surface area contributed by atoms with Crippen molar-refractivity contribution in [3.63, 3.8) is 0 Å². The maximum absolute atomic E-state index is 12.3. The number of benzene rings is 1. The van der Waals surface area contributed by atoms with Crippen molar-refractivity contribution in [2.45, 2.75) is 6.42 Å². The first-order chi connectivity index (χ1) is 9.58. The van der Waals surface area contributed by atoms with E-state index in [0.29, 0.717) is 6.54 Å². The number of hydrogen-bond acceptors (Lipinski definition) is 3. The molecular formula is C14H15N3O3. The Kier molecular flexibility index (Phi) is 2.93. The van der Waals surface area contributed by atoms with Crippen LogP contribution in [0.1, 0.15) is 5.56 Å². The number of urea groups is 1. The summed E-state index contributed by atoms with van der Waals surface area (Å²) in [6.07, 6.45) is 0.809. The lowest BCUT2D eigenvalue weighted by atomic mass is 10.2. The number of para-hydroxylation sites is 1. The molecule has 1 fully saturated rings. The molecule has 20 heavy (non-hydrogen) atoms. The lowest BCUT2D eigenvalue weighted by Crippen LogP contribution is -2.42. The van der Waals surface area contributed by atoms with Crippen molar-refractivity contribution >= 4 is 23.5 Å². The minimum Gasteiger partial charge on any atom is -0.318 e. The minimum absolute atomic E-state index is 0.0443. The maximum atomic E-state index is 12.3. The molecule has 6 nitrogen and oxygen atoms in total. The fraction of sp³-hybridized carbons (Fsp3) is 0.357. The molecule has 0 N–H and O–H groups in total. The van der Waals surface area contributed by atoms with Crippen LogP contribution in [0.15, 0.2) is 24.3 Å². The Morgan fingerprint density at radius 3 is 2.70 bits per heavy atom. The molecule has 0 aromatic heterocycles. The van der Waals surface area contributed by atoms with Crippen LogP contribution in [0.4, 0.5) is 10.5 Å². The molecule has 0 atom stereocenters. The zero-order valence-electron chi connectivity index (χ0n) is 11.2. The third-order valence-electron chi connectivity index (χ3n) is 3.71. The number of hydrogen-bond donors (Lipinski definition) is 0. The summed E-state index contributed by atoms with van der Waals surface area (Å²) in [4.78, 5) is 39.8. The predicted molar refractivity (Wildman–Crippen MR) is 72.2 cm³/mol. The molecule has 0 saturated carbocycles. The lowest BCUT2D eigenvalue weighted by molar-refractivity contribution is -0.129. The number of anilines is 1. The summed E-state index contributed by atoms with van der Waals surface area (Å²) < 4.78 is 0. The van der Waals surface area contributed by atoms with E-state index in [1.54, 1.807) is 11.9 Å². The molecule has 0 unspecified atom stereocenters. The van der Waals surface area contributed by atoms with Gasteiger partial charge in [-0.3, -0.25) is 14.5 Å². The van der Waals surface area contributed by atoms with Crippen molar-refractivity contribution in [1.82, 2.24) is 9.80 Å². The van der Waals surface area contributed by atoms with E-state index in [0.717, 1.165) is 22.6 Å².